The first-order chi connectivity index (χ1) is 13.9. The molecular weight excluding hydrogens is 392 g/mol. The number of benzene rings is 3. The number of aliphatic hydroxyl groups is 1. The van der Waals surface area contributed by atoms with Crippen molar-refractivity contribution in [2.45, 2.75) is 23.2 Å². The van der Waals surface area contributed by atoms with Crippen LogP contribution in [0.25, 0.3) is 0 Å². The second-order valence-electron chi connectivity index (χ2n) is 6.87. The van der Waals surface area contributed by atoms with Gasteiger partial charge in [-0.25, -0.2) is 0 Å². The molecule has 0 fully saturated rings. The van der Waals surface area contributed by atoms with Crippen LogP contribution < -0.4 is 4.74 Å². The molecule has 3 atom stereocenters. The summed E-state index contributed by atoms with van der Waals surface area (Å²) in [5.41, 5.74) is 1.94. The highest BCUT2D eigenvalue weighted by molar-refractivity contribution is 7.98. The molecule has 0 saturated carbocycles. The molecule has 3 aromatic rings. The third kappa shape index (κ3) is 3.79. The van der Waals surface area contributed by atoms with Gasteiger partial charge >= 0.3 is 0 Å². The summed E-state index contributed by atoms with van der Waals surface area (Å²) in [7, 11) is 0. The Morgan fingerprint density at radius 2 is 1.59 bits per heavy atom. The van der Waals surface area contributed by atoms with Crippen LogP contribution in [0.3, 0.4) is 0 Å². The summed E-state index contributed by atoms with van der Waals surface area (Å²) in [4.78, 5) is 0. The second-order valence-corrected chi connectivity index (χ2v) is 8.00. The average molecular weight is 412 g/mol. The van der Waals surface area contributed by atoms with E-state index in [2.05, 4.69) is 0 Å². The molecule has 150 valence electrons. The zero-order valence-electron chi connectivity index (χ0n) is 15.3. The Morgan fingerprint density at radius 3 is 2.31 bits per heavy atom. The lowest BCUT2D eigenvalue weighted by Crippen LogP contribution is -2.33. The molecule has 0 bridgehead atoms. The number of rotatable bonds is 4. The Morgan fingerprint density at radius 1 is 0.828 bits per heavy atom. The van der Waals surface area contributed by atoms with E-state index >= 15 is 0 Å². The van der Waals surface area contributed by atoms with Crippen molar-refractivity contribution in [2.75, 3.05) is 0 Å². The van der Waals surface area contributed by atoms with Gasteiger partial charge in [0.15, 0.2) is 17.6 Å². The number of phenolic OH excluding ortho intramolecular Hbond substituents is 4. The van der Waals surface area contributed by atoms with E-state index in [0.29, 0.717) is 16.9 Å². The third-order valence-corrected chi connectivity index (χ3v) is 6.24. The van der Waals surface area contributed by atoms with E-state index in [1.807, 2.05) is 30.3 Å². The molecule has 7 heteroatoms. The lowest BCUT2D eigenvalue weighted by atomic mass is 9.93. The number of aliphatic hydroxyl groups excluding tert-OH is 1. The lowest BCUT2D eigenvalue weighted by molar-refractivity contribution is 0.0174. The van der Waals surface area contributed by atoms with Crippen molar-refractivity contribution < 1.29 is 30.3 Å². The highest BCUT2D eigenvalue weighted by Crippen LogP contribution is 2.53. The molecule has 0 aliphatic carbocycles. The van der Waals surface area contributed by atoms with E-state index in [4.69, 9.17) is 4.74 Å². The van der Waals surface area contributed by atoms with Gasteiger partial charge in [0.25, 0.3) is 0 Å². The highest BCUT2D eigenvalue weighted by atomic mass is 32.2. The molecule has 5 N–H and O–H groups in total. The molecule has 29 heavy (non-hydrogen) atoms. The fourth-order valence-corrected chi connectivity index (χ4v) is 4.75. The van der Waals surface area contributed by atoms with Gasteiger partial charge in [-0.1, -0.05) is 36.4 Å². The predicted octanol–water partition coefficient (Wildman–Crippen LogP) is 3.98. The number of hydrogen-bond donors (Lipinski definition) is 5. The molecule has 6 nitrogen and oxygen atoms in total. The Hall–Kier alpha value is -3.03. The molecule has 0 spiro atoms. The molecule has 0 amide bonds. The topological polar surface area (TPSA) is 110 Å². The molecule has 0 radical (unpaired) electrons. The van der Waals surface area contributed by atoms with Crippen molar-refractivity contribution >= 4 is 11.8 Å². The summed E-state index contributed by atoms with van der Waals surface area (Å²) >= 11 is 1.44. The smallest absolute Gasteiger partial charge is 0.157 e. The van der Waals surface area contributed by atoms with Crippen LogP contribution in [0, 0.1) is 0 Å². The van der Waals surface area contributed by atoms with Crippen LogP contribution in [0.15, 0.2) is 60.7 Å². The number of fused-ring (bicyclic) bond motifs is 1. The fourth-order valence-electron chi connectivity index (χ4n) is 3.44. The first-order valence-electron chi connectivity index (χ1n) is 9.02. The number of ether oxygens (including phenoxy) is 1. The summed E-state index contributed by atoms with van der Waals surface area (Å²) in [6.45, 7) is 0. The minimum absolute atomic E-state index is 0.156. The van der Waals surface area contributed by atoms with Gasteiger partial charge in [-0.2, -0.15) is 0 Å². The molecule has 0 saturated heterocycles. The quantitative estimate of drug-likeness (QED) is 0.412. The van der Waals surface area contributed by atoms with E-state index in [1.54, 1.807) is 6.07 Å². The van der Waals surface area contributed by atoms with Crippen molar-refractivity contribution in [1.82, 2.24) is 0 Å². The lowest BCUT2D eigenvalue weighted by Gasteiger charge is -2.37. The maximum atomic E-state index is 11.1. The van der Waals surface area contributed by atoms with E-state index in [9.17, 15) is 25.5 Å². The molecule has 1 aliphatic rings. The normalized spacial score (nSPS) is 20.7. The average Bonchev–Trinajstić information content (AvgIpc) is 2.70. The summed E-state index contributed by atoms with van der Waals surface area (Å²) in [6.07, 6.45) is -1.90. The Labute approximate surface area is 171 Å². The van der Waals surface area contributed by atoms with Gasteiger partial charge in [0.1, 0.15) is 23.4 Å². The standard InChI is InChI=1S/C22H20O6S/c23-14-9-17(26)19-18(10-14)28-21(13-6-7-15(24)16(25)8-13)20(27)22(19)29-11-12-4-2-1-3-5-12/h1-10,20-27H,11H2/t20-,21-,22?/m1/s1. The number of thioether (sulfide) groups is 1. The van der Waals surface area contributed by atoms with Crippen LogP contribution in [0.4, 0.5) is 0 Å². The van der Waals surface area contributed by atoms with Crippen LogP contribution in [0.1, 0.15) is 28.0 Å². The van der Waals surface area contributed by atoms with Crippen LogP contribution in [0.2, 0.25) is 0 Å². The maximum Gasteiger partial charge on any atom is 0.157 e. The molecule has 1 unspecified atom stereocenters. The largest absolute Gasteiger partial charge is 0.508 e. The van der Waals surface area contributed by atoms with Crippen molar-refractivity contribution in [3.05, 3.63) is 77.4 Å². The van der Waals surface area contributed by atoms with Crippen molar-refractivity contribution in [3.63, 3.8) is 0 Å². The van der Waals surface area contributed by atoms with Crippen LogP contribution >= 0.6 is 11.8 Å². The first kappa shape index (κ1) is 19.3. The molecule has 1 heterocycles. The number of aromatic hydroxyl groups is 4. The van der Waals surface area contributed by atoms with E-state index in [-0.39, 0.29) is 28.7 Å². The van der Waals surface area contributed by atoms with Gasteiger partial charge < -0.3 is 30.3 Å². The third-order valence-electron chi connectivity index (χ3n) is 4.86. The fraction of sp³-hybridized carbons (Fsp3) is 0.182. The Balaban J connectivity index is 1.72. The van der Waals surface area contributed by atoms with E-state index in [0.717, 1.165) is 5.56 Å². The SMILES string of the molecule is Oc1cc(O)c2c(c1)O[C@H](c1ccc(O)c(O)c1)[C@@H](O)C2SCc1ccccc1. The summed E-state index contributed by atoms with van der Waals surface area (Å²) in [5.74, 6) is -0.0547. The number of phenols is 4. The van der Waals surface area contributed by atoms with Gasteiger partial charge in [-0.3, -0.25) is 0 Å². The van der Waals surface area contributed by atoms with Crippen molar-refractivity contribution in [3.8, 4) is 28.7 Å². The second kappa shape index (κ2) is 7.77. The zero-order chi connectivity index (χ0) is 20.5. The van der Waals surface area contributed by atoms with Crippen molar-refractivity contribution in [2.24, 2.45) is 0 Å². The van der Waals surface area contributed by atoms with E-state index < -0.39 is 17.5 Å². The minimum atomic E-state index is -1.05. The van der Waals surface area contributed by atoms with Gasteiger partial charge in [0, 0.05) is 17.9 Å². The summed E-state index contributed by atoms with van der Waals surface area (Å²) in [6, 6.07) is 16.6. The van der Waals surface area contributed by atoms with Crippen LogP contribution in [-0.2, 0) is 5.75 Å². The minimum Gasteiger partial charge on any atom is -0.508 e. The molecule has 4 rings (SSSR count). The monoisotopic (exact) mass is 412 g/mol. The van der Waals surface area contributed by atoms with Crippen molar-refractivity contribution in [1.29, 1.82) is 0 Å². The molecular formula is C22H20O6S. The van der Waals surface area contributed by atoms with Crippen LogP contribution in [-0.4, -0.2) is 31.6 Å². The first-order valence-corrected chi connectivity index (χ1v) is 10.1. The maximum absolute atomic E-state index is 11.1. The van der Waals surface area contributed by atoms with Crippen LogP contribution in [0.5, 0.6) is 28.7 Å². The number of hydrogen-bond acceptors (Lipinski definition) is 7. The van der Waals surface area contributed by atoms with Gasteiger partial charge in [0.2, 0.25) is 0 Å². The highest BCUT2D eigenvalue weighted by Gasteiger charge is 2.40. The summed E-state index contributed by atoms with van der Waals surface area (Å²) < 4.78 is 5.89. The molecule has 3 aromatic carbocycles. The van der Waals surface area contributed by atoms with Gasteiger partial charge in [0.05, 0.1) is 10.8 Å². The Bertz CT molecular complexity index is 1020. The Kier molecular flexibility index (Phi) is 5.17. The molecule has 1 aliphatic heterocycles. The molecule has 0 aromatic heterocycles. The van der Waals surface area contributed by atoms with Gasteiger partial charge in [-0.15, -0.1) is 11.8 Å². The predicted molar refractivity (Wildman–Crippen MR) is 109 cm³/mol. The van der Waals surface area contributed by atoms with Gasteiger partial charge in [-0.05, 0) is 23.3 Å². The summed E-state index contributed by atoms with van der Waals surface area (Å²) in [5, 5.41) is 50.3. The zero-order valence-corrected chi connectivity index (χ0v) is 16.1. The van der Waals surface area contributed by atoms with E-state index in [1.165, 1.54) is 36.0 Å².